The van der Waals surface area contributed by atoms with E-state index in [1.807, 2.05) is 0 Å². The van der Waals surface area contributed by atoms with Gasteiger partial charge >= 0.3 is 0 Å². The van der Waals surface area contributed by atoms with Crippen molar-refractivity contribution in [3.63, 3.8) is 0 Å². The second-order valence-electron chi connectivity index (χ2n) is 3.59. The molecule has 0 bridgehead atoms. The molecular weight excluding hydrogens is 221 g/mol. The number of hydrogen-bond acceptors (Lipinski definition) is 3. The van der Waals surface area contributed by atoms with Gasteiger partial charge in [0.15, 0.2) is 17.3 Å². The Labute approximate surface area is 100 Å². The summed E-state index contributed by atoms with van der Waals surface area (Å²) < 4.78 is 18.6. The zero-order chi connectivity index (χ0) is 12.7. The fourth-order valence-electron chi connectivity index (χ4n) is 1.21. The van der Waals surface area contributed by atoms with Crippen molar-refractivity contribution >= 4 is 11.9 Å². The van der Waals surface area contributed by atoms with E-state index >= 15 is 0 Å². The molecule has 17 heavy (non-hydrogen) atoms. The van der Waals surface area contributed by atoms with E-state index in [2.05, 4.69) is 5.32 Å². The first-order valence-electron chi connectivity index (χ1n) is 5.39. The van der Waals surface area contributed by atoms with Crippen LogP contribution in [0.4, 0.5) is 4.39 Å². The first kappa shape index (κ1) is 13.4. The summed E-state index contributed by atoms with van der Waals surface area (Å²) in [6, 6.07) is 4.50. The van der Waals surface area contributed by atoms with E-state index in [1.165, 1.54) is 19.1 Å². The third kappa shape index (κ3) is 4.78. The molecular formula is C13H16FNO2. The van der Waals surface area contributed by atoms with Crippen LogP contribution in [0.2, 0.25) is 0 Å². The first-order valence-corrected chi connectivity index (χ1v) is 5.39. The molecule has 0 unspecified atom stereocenters. The van der Waals surface area contributed by atoms with Crippen LogP contribution in [0, 0.1) is 5.82 Å². The largest absolute Gasteiger partial charge is 0.489 e. The molecule has 0 aromatic heterocycles. The fourth-order valence-corrected chi connectivity index (χ4v) is 1.21. The van der Waals surface area contributed by atoms with Crippen molar-refractivity contribution in [2.75, 3.05) is 20.2 Å². The zero-order valence-corrected chi connectivity index (χ0v) is 10.00. The van der Waals surface area contributed by atoms with Gasteiger partial charge in [0.1, 0.15) is 6.61 Å². The average Bonchev–Trinajstić information content (AvgIpc) is 2.30. The van der Waals surface area contributed by atoms with Gasteiger partial charge in [-0.1, -0.05) is 12.1 Å². The number of carbonyl (C=O) groups is 1. The fraction of sp³-hybridized carbons (Fsp3) is 0.308. The molecule has 1 aromatic rings. The Kier molecular flexibility index (Phi) is 5.36. The molecule has 0 amide bonds. The molecule has 0 radical (unpaired) electrons. The number of ketones is 1. The van der Waals surface area contributed by atoms with Crippen molar-refractivity contribution in [2.45, 2.75) is 6.92 Å². The van der Waals surface area contributed by atoms with Crippen molar-refractivity contribution in [1.29, 1.82) is 0 Å². The molecule has 0 aliphatic heterocycles. The second-order valence-corrected chi connectivity index (χ2v) is 3.59. The van der Waals surface area contributed by atoms with Gasteiger partial charge in [-0.15, -0.1) is 0 Å². The maximum absolute atomic E-state index is 13.4. The van der Waals surface area contributed by atoms with Crippen molar-refractivity contribution in [3.05, 3.63) is 35.7 Å². The molecule has 0 spiro atoms. The summed E-state index contributed by atoms with van der Waals surface area (Å²) in [5, 5.41) is 2.91. The summed E-state index contributed by atoms with van der Waals surface area (Å²) in [5.74, 6) is -0.251. The Balaban J connectivity index is 2.75. The van der Waals surface area contributed by atoms with E-state index in [1.54, 1.807) is 25.3 Å². The van der Waals surface area contributed by atoms with Crippen LogP contribution in [0.3, 0.4) is 0 Å². The van der Waals surface area contributed by atoms with Crippen LogP contribution in [-0.4, -0.2) is 26.0 Å². The van der Waals surface area contributed by atoms with E-state index < -0.39 is 5.82 Å². The monoisotopic (exact) mass is 237 g/mol. The summed E-state index contributed by atoms with van der Waals surface area (Å²) in [7, 11) is 1.80. The smallest absolute Gasteiger partial charge is 0.165 e. The van der Waals surface area contributed by atoms with Crippen LogP contribution in [0.25, 0.3) is 6.08 Å². The highest BCUT2D eigenvalue weighted by Gasteiger charge is 2.03. The molecule has 1 aromatic carbocycles. The van der Waals surface area contributed by atoms with E-state index in [9.17, 15) is 9.18 Å². The van der Waals surface area contributed by atoms with E-state index in [-0.39, 0.29) is 11.5 Å². The maximum Gasteiger partial charge on any atom is 0.165 e. The molecule has 3 nitrogen and oxygen atoms in total. The van der Waals surface area contributed by atoms with Gasteiger partial charge < -0.3 is 10.1 Å². The lowest BCUT2D eigenvalue weighted by Gasteiger charge is -2.07. The van der Waals surface area contributed by atoms with Crippen LogP contribution in [0.5, 0.6) is 5.75 Å². The van der Waals surface area contributed by atoms with E-state index in [0.717, 1.165) is 5.56 Å². The average molecular weight is 237 g/mol. The van der Waals surface area contributed by atoms with Gasteiger partial charge in [0.2, 0.25) is 0 Å². The second kappa shape index (κ2) is 6.81. The quantitative estimate of drug-likeness (QED) is 0.607. The number of nitrogens with one attached hydrogen (secondary N) is 1. The van der Waals surface area contributed by atoms with Crippen LogP contribution >= 0.6 is 0 Å². The highest BCUT2D eigenvalue weighted by atomic mass is 19.1. The normalized spacial score (nSPS) is 10.8. The summed E-state index contributed by atoms with van der Waals surface area (Å²) in [6.45, 7) is 2.50. The summed E-state index contributed by atoms with van der Waals surface area (Å²) in [4.78, 5) is 10.8. The van der Waals surface area contributed by atoms with Gasteiger partial charge in [-0.2, -0.15) is 0 Å². The van der Waals surface area contributed by atoms with Crippen LogP contribution in [-0.2, 0) is 4.79 Å². The lowest BCUT2D eigenvalue weighted by molar-refractivity contribution is -0.112. The standard InChI is InChI=1S/C13H16FNO2/c1-10(16)3-4-11-5-6-12(14)13(9-11)17-8-7-15-2/h3-6,9,15H,7-8H2,1-2H3/b4-3+. The predicted octanol–water partition coefficient (Wildman–Crippen LogP) is 2.03. The number of halogens is 1. The number of carbonyl (C=O) groups excluding carboxylic acids is 1. The van der Waals surface area contributed by atoms with Gasteiger partial charge in [-0.05, 0) is 37.7 Å². The van der Waals surface area contributed by atoms with Gasteiger partial charge in [0.05, 0.1) is 0 Å². The predicted molar refractivity (Wildman–Crippen MR) is 65.5 cm³/mol. The maximum atomic E-state index is 13.4. The molecule has 0 aliphatic rings. The molecule has 0 aliphatic carbocycles. The minimum absolute atomic E-state index is 0.0491. The van der Waals surface area contributed by atoms with Crippen LogP contribution < -0.4 is 10.1 Å². The molecule has 1 N–H and O–H groups in total. The number of benzene rings is 1. The topological polar surface area (TPSA) is 38.3 Å². The molecule has 1 rings (SSSR count). The van der Waals surface area contributed by atoms with E-state index in [0.29, 0.717) is 13.2 Å². The number of rotatable bonds is 6. The number of likely N-dealkylation sites (N-methyl/N-ethyl adjacent to an activating group) is 1. The van der Waals surface area contributed by atoms with Gasteiger partial charge in [0.25, 0.3) is 0 Å². The summed E-state index contributed by atoms with van der Waals surface area (Å²) in [5.41, 5.74) is 0.737. The van der Waals surface area contributed by atoms with Gasteiger partial charge in [0, 0.05) is 6.54 Å². The Morgan fingerprint density at radius 3 is 2.94 bits per heavy atom. The van der Waals surface area contributed by atoms with Gasteiger partial charge in [-0.3, -0.25) is 4.79 Å². The number of ether oxygens (including phenoxy) is 1. The third-order valence-electron chi connectivity index (χ3n) is 2.08. The molecule has 0 heterocycles. The molecule has 92 valence electrons. The lowest BCUT2D eigenvalue weighted by Crippen LogP contribution is -2.16. The summed E-state index contributed by atoms with van der Waals surface area (Å²) in [6.07, 6.45) is 3.07. The third-order valence-corrected chi connectivity index (χ3v) is 2.08. The minimum atomic E-state index is -0.402. The van der Waals surface area contributed by atoms with Crippen molar-refractivity contribution in [2.24, 2.45) is 0 Å². The van der Waals surface area contributed by atoms with Crippen molar-refractivity contribution in [3.8, 4) is 5.75 Å². The van der Waals surface area contributed by atoms with Crippen LogP contribution in [0.15, 0.2) is 24.3 Å². The Morgan fingerprint density at radius 1 is 1.53 bits per heavy atom. The molecule has 0 atom stereocenters. The van der Waals surface area contributed by atoms with E-state index in [4.69, 9.17) is 4.74 Å². The van der Waals surface area contributed by atoms with Gasteiger partial charge in [-0.25, -0.2) is 4.39 Å². The SMILES string of the molecule is CNCCOc1cc(/C=C/C(C)=O)ccc1F. The zero-order valence-electron chi connectivity index (χ0n) is 10.00. The summed E-state index contributed by atoms with van der Waals surface area (Å²) >= 11 is 0. The number of allylic oxidation sites excluding steroid dienone is 1. The number of hydrogen-bond donors (Lipinski definition) is 1. The molecule has 0 saturated heterocycles. The Bertz CT molecular complexity index is 416. The Morgan fingerprint density at radius 2 is 2.29 bits per heavy atom. The molecule has 0 fully saturated rings. The highest BCUT2D eigenvalue weighted by Crippen LogP contribution is 2.19. The Hall–Kier alpha value is -1.68. The molecule has 4 heteroatoms. The minimum Gasteiger partial charge on any atom is -0.489 e. The first-order chi connectivity index (χ1) is 8.13. The van der Waals surface area contributed by atoms with Crippen molar-refractivity contribution in [1.82, 2.24) is 5.32 Å². The van der Waals surface area contributed by atoms with Crippen molar-refractivity contribution < 1.29 is 13.9 Å². The van der Waals surface area contributed by atoms with Crippen LogP contribution in [0.1, 0.15) is 12.5 Å². The lowest BCUT2D eigenvalue weighted by atomic mass is 10.2. The highest BCUT2D eigenvalue weighted by molar-refractivity contribution is 5.91. The molecule has 0 saturated carbocycles.